The number of hydrogen-bond donors (Lipinski definition) is 2. The van der Waals surface area contributed by atoms with Gasteiger partial charge in [-0.1, -0.05) is 24.3 Å². The fourth-order valence-electron chi connectivity index (χ4n) is 4.55. The number of fused-ring (bicyclic) bond motifs is 1. The number of carbonyl (C=O) groups excluding carboxylic acids is 2. The average Bonchev–Trinajstić information content (AvgIpc) is 2.93. The molecule has 1 saturated heterocycles. The summed E-state index contributed by atoms with van der Waals surface area (Å²) in [6.07, 6.45) is 0.908. The van der Waals surface area contributed by atoms with Crippen molar-refractivity contribution in [1.82, 2.24) is 4.31 Å². The molecule has 1 aliphatic heterocycles. The maximum Gasteiger partial charge on any atom is 0.262 e. The number of sulfonamides is 2. The maximum absolute atomic E-state index is 13.6. The zero-order chi connectivity index (χ0) is 29.3. The smallest absolute Gasteiger partial charge is 0.262 e. The summed E-state index contributed by atoms with van der Waals surface area (Å²) in [5.74, 6) is -0.215. The monoisotopic (exact) mass is 605 g/mol. The quantitative estimate of drug-likeness (QED) is 0.336. The molecule has 9 nitrogen and oxygen atoms in total. The second-order valence-electron chi connectivity index (χ2n) is 10.6. The Morgan fingerprint density at radius 2 is 1.40 bits per heavy atom. The van der Waals surface area contributed by atoms with Crippen LogP contribution in [0.5, 0.6) is 0 Å². The number of amides is 1. The number of rotatable bonds is 9. The van der Waals surface area contributed by atoms with E-state index in [1.54, 1.807) is 38.1 Å². The molecular formula is C28H32ClN3O6S2. The number of piperidine rings is 1. The molecule has 0 atom stereocenters. The first-order chi connectivity index (χ1) is 18.8. The molecule has 4 rings (SSSR count). The van der Waals surface area contributed by atoms with E-state index < -0.39 is 25.5 Å². The number of nitrogens with zero attached hydrogens (tertiary/aromatic N) is 1. The minimum absolute atomic E-state index is 0.0169. The number of alkyl halides is 1. The summed E-state index contributed by atoms with van der Waals surface area (Å²) in [4.78, 5) is 24.0. The van der Waals surface area contributed by atoms with E-state index in [4.69, 9.17) is 11.6 Å². The third-order valence-electron chi connectivity index (χ3n) is 7.12. The lowest BCUT2D eigenvalue weighted by atomic mass is 9.95. The van der Waals surface area contributed by atoms with Crippen LogP contribution in [0.1, 0.15) is 33.6 Å². The predicted octanol–water partition coefficient (Wildman–Crippen LogP) is 4.83. The van der Waals surface area contributed by atoms with Gasteiger partial charge in [-0.2, -0.15) is 4.31 Å². The molecule has 214 valence electrons. The molecule has 2 N–H and O–H groups in total. The first-order valence-electron chi connectivity index (χ1n) is 12.8. The minimum Gasteiger partial charge on any atom is -0.326 e. The SMILES string of the molecule is CC(=O)C1CCN(S(=O)(=O)c2cccc3c(S(=O)(=O)Nc4ccc(NC(=O)C(C)(C)CCl)cc4)cccc23)CC1. The van der Waals surface area contributed by atoms with E-state index in [-0.39, 0.29) is 57.4 Å². The Balaban J connectivity index is 1.60. The van der Waals surface area contributed by atoms with Crippen LogP contribution in [0.4, 0.5) is 11.4 Å². The second kappa shape index (κ2) is 11.5. The van der Waals surface area contributed by atoms with Crippen LogP contribution in [0.2, 0.25) is 0 Å². The molecule has 12 heteroatoms. The number of carbonyl (C=O) groups is 2. The topological polar surface area (TPSA) is 130 Å². The van der Waals surface area contributed by atoms with Crippen LogP contribution >= 0.6 is 11.6 Å². The fourth-order valence-corrected chi connectivity index (χ4v) is 7.63. The molecule has 3 aromatic rings. The molecule has 0 bridgehead atoms. The number of anilines is 2. The van der Waals surface area contributed by atoms with Crippen LogP contribution in [0.15, 0.2) is 70.5 Å². The van der Waals surface area contributed by atoms with Crippen molar-refractivity contribution in [2.45, 2.75) is 43.4 Å². The molecule has 1 amide bonds. The molecule has 0 aromatic heterocycles. The number of nitrogens with one attached hydrogen (secondary N) is 2. The third-order valence-corrected chi connectivity index (χ3v) is 11.2. The highest BCUT2D eigenvalue weighted by Crippen LogP contribution is 2.33. The Kier molecular flexibility index (Phi) is 8.60. The van der Waals surface area contributed by atoms with Gasteiger partial charge in [-0.3, -0.25) is 14.3 Å². The number of ketones is 1. The molecule has 0 aliphatic carbocycles. The summed E-state index contributed by atoms with van der Waals surface area (Å²) < 4.78 is 57.9. The first kappa shape index (κ1) is 30.0. The van der Waals surface area contributed by atoms with Gasteiger partial charge in [0.05, 0.1) is 15.2 Å². The molecule has 0 saturated carbocycles. The van der Waals surface area contributed by atoms with Crippen LogP contribution in [0.25, 0.3) is 10.8 Å². The van der Waals surface area contributed by atoms with Gasteiger partial charge in [-0.05, 0) is 70.0 Å². The molecule has 3 aromatic carbocycles. The molecule has 40 heavy (non-hydrogen) atoms. The Morgan fingerprint density at radius 3 is 1.95 bits per heavy atom. The van der Waals surface area contributed by atoms with Gasteiger partial charge >= 0.3 is 0 Å². The molecule has 1 heterocycles. The lowest BCUT2D eigenvalue weighted by molar-refractivity contribution is -0.123. The molecular weight excluding hydrogens is 574 g/mol. The van der Waals surface area contributed by atoms with Crippen molar-refractivity contribution in [2.75, 3.05) is 29.0 Å². The van der Waals surface area contributed by atoms with Crippen molar-refractivity contribution in [2.24, 2.45) is 11.3 Å². The number of hydrogen-bond acceptors (Lipinski definition) is 6. The fraction of sp³-hybridized carbons (Fsp3) is 0.357. The van der Waals surface area contributed by atoms with E-state index in [0.29, 0.717) is 23.9 Å². The molecule has 0 unspecified atom stereocenters. The van der Waals surface area contributed by atoms with Crippen molar-refractivity contribution in [3.63, 3.8) is 0 Å². The van der Waals surface area contributed by atoms with Gasteiger partial charge in [0, 0.05) is 47.0 Å². The van der Waals surface area contributed by atoms with Crippen LogP contribution < -0.4 is 10.0 Å². The molecule has 1 aliphatic rings. The predicted molar refractivity (Wildman–Crippen MR) is 156 cm³/mol. The summed E-state index contributed by atoms with van der Waals surface area (Å²) >= 11 is 5.86. The van der Waals surface area contributed by atoms with Crippen LogP contribution in [-0.2, 0) is 29.6 Å². The van der Waals surface area contributed by atoms with Gasteiger partial charge < -0.3 is 5.32 Å². The molecule has 0 radical (unpaired) electrons. The summed E-state index contributed by atoms with van der Waals surface area (Å²) in [5.41, 5.74) is -0.0183. The maximum atomic E-state index is 13.6. The van der Waals surface area contributed by atoms with Gasteiger partial charge in [0.1, 0.15) is 5.78 Å². The van der Waals surface area contributed by atoms with Crippen LogP contribution in [-0.4, -0.2) is 51.8 Å². The Hall–Kier alpha value is -2.99. The average molecular weight is 606 g/mol. The van der Waals surface area contributed by atoms with Crippen molar-refractivity contribution in [3.05, 3.63) is 60.7 Å². The largest absolute Gasteiger partial charge is 0.326 e. The van der Waals surface area contributed by atoms with Crippen LogP contribution in [0.3, 0.4) is 0 Å². The van der Waals surface area contributed by atoms with E-state index in [1.807, 2.05) is 0 Å². The van der Waals surface area contributed by atoms with Crippen molar-refractivity contribution >= 4 is 65.5 Å². The van der Waals surface area contributed by atoms with Crippen molar-refractivity contribution in [3.8, 4) is 0 Å². The second-order valence-corrected chi connectivity index (χ2v) is 14.4. The first-order valence-corrected chi connectivity index (χ1v) is 16.2. The molecule has 0 spiro atoms. The third kappa shape index (κ3) is 6.17. The van der Waals surface area contributed by atoms with E-state index in [1.165, 1.54) is 47.6 Å². The van der Waals surface area contributed by atoms with Crippen molar-refractivity contribution < 1.29 is 26.4 Å². The van der Waals surface area contributed by atoms with Crippen LogP contribution in [0, 0.1) is 11.3 Å². The zero-order valence-electron chi connectivity index (χ0n) is 22.5. The summed E-state index contributed by atoms with van der Waals surface area (Å²) in [7, 11) is -8.03. The van der Waals surface area contributed by atoms with E-state index in [9.17, 15) is 26.4 Å². The highest BCUT2D eigenvalue weighted by Gasteiger charge is 2.32. The standard InChI is InChI=1S/C28H32ClN3O6S2/c1-19(33)20-14-16-32(17-15-20)40(37,38)26-9-5-6-23-24(26)7-4-8-25(23)39(35,36)31-22-12-10-21(11-13-22)30-27(34)28(2,3)18-29/h4-13,20,31H,14-18H2,1-3H3,(H,30,34). The van der Waals surface area contributed by atoms with Gasteiger partial charge in [-0.25, -0.2) is 16.8 Å². The van der Waals surface area contributed by atoms with Gasteiger partial charge in [0.2, 0.25) is 15.9 Å². The van der Waals surface area contributed by atoms with Crippen molar-refractivity contribution in [1.29, 1.82) is 0 Å². The number of Topliss-reactive ketones (excluding diaryl/α,β-unsaturated/α-hetero) is 1. The highest BCUT2D eigenvalue weighted by molar-refractivity contribution is 7.93. The lowest BCUT2D eigenvalue weighted by Crippen LogP contribution is -2.39. The summed E-state index contributed by atoms with van der Waals surface area (Å²) in [6, 6.07) is 15.3. The van der Waals surface area contributed by atoms with E-state index in [2.05, 4.69) is 10.0 Å². The summed E-state index contributed by atoms with van der Waals surface area (Å²) in [6.45, 7) is 5.40. The normalized spacial score (nSPS) is 15.6. The number of halogens is 1. The van der Waals surface area contributed by atoms with Gasteiger partial charge in [0.25, 0.3) is 10.0 Å². The summed E-state index contributed by atoms with van der Waals surface area (Å²) in [5, 5.41) is 3.31. The number of benzene rings is 3. The van der Waals surface area contributed by atoms with E-state index >= 15 is 0 Å². The van der Waals surface area contributed by atoms with E-state index in [0.717, 1.165) is 0 Å². The lowest BCUT2D eigenvalue weighted by Gasteiger charge is -2.30. The Labute approximate surface area is 240 Å². The molecule has 1 fully saturated rings. The minimum atomic E-state index is -4.11. The van der Waals surface area contributed by atoms with Gasteiger partial charge in [0.15, 0.2) is 0 Å². The highest BCUT2D eigenvalue weighted by atomic mass is 35.5. The Morgan fingerprint density at radius 1 is 0.875 bits per heavy atom. The van der Waals surface area contributed by atoms with Gasteiger partial charge in [-0.15, -0.1) is 11.6 Å². The zero-order valence-corrected chi connectivity index (χ0v) is 24.9. The Bertz CT molecular complexity index is 1650.